The Morgan fingerprint density at radius 1 is 1.10 bits per heavy atom. The number of aromatic nitrogens is 4. The maximum Gasteiger partial charge on any atom is 0.265 e. The average Bonchev–Trinajstić information content (AvgIpc) is 3.21. The van der Waals surface area contributed by atoms with Gasteiger partial charge in [-0.05, 0) is 50.6 Å². The van der Waals surface area contributed by atoms with Crippen LogP contribution in [0, 0.1) is 30.4 Å². The molecule has 1 aliphatic heterocycles. The molecule has 0 unspecified atom stereocenters. The predicted octanol–water partition coefficient (Wildman–Crippen LogP) is 4.59. The number of hydrogen-bond donors (Lipinski definition) is 1. The normalized spacial score (nSPS) is 20.2. The maximum absolute atomic E-state index is 14.5. The summed E-state index contributed by atoms with van der Waals surface area (Å²) in [6, 6.07) is 8.57. The van der Waals surface area contributed by atoms with Crippen LogP contribution in [0.5, 0.6) is 5.88 Å². The van der Waals surface area contributed by atoms with Crippen molar-refractivity contribution in [1.29, 1.82) is 0 Å². The third-order valence-corrected chi connectivity index (χ3v) is 8.30. The molecule has 1 amide bonds. The molecule has 2 fully saturated rings. The van der Waals surface area contributed by atoms with Crippen LogP contribution in [0.1, 0.15) is 34.8 Å². The molecule has 1 saturated carbocycles. The molecule has 3 aromatic heterocycles. The summed E-state index contributed by atoms with van der Waals surface area (Å²) in [6.45, 7) is 6.61. The summed E-state index contributed by atoms with van der Waals surface area (Å²) in [6.07, 6.45) is 3.18. The van der Waals surface area contributed by atoms with E-state index in [-0.39, 0.29) is 29.4 Å². The Kier molecular flexibility index (Phi) is 6.15. The van der Waals surface area contributed by atoms with E-state index < -0.39 is 17.2 Å². The van der Waals surface area contributed by atoms with Crippen molar-refractivity contribution >= 4 is 17.2 Å². The fourth-order valence-corrected chi connectivity index (χ4v) is 5.95. The van der Waals surface area contributed by atoms with Crippen molar-refractivity contribution in [2.75, 3.05) is 13.1 Å². The number of hydrogen-bond acceptors (Lipinski definition) is 8. The fraction of sp³-hybridized carbons (Fsp3) is 0.321. The molecule has 200 valence electrons. The zero-order valence-electron chi connectivity index (χ0n) is 21.6. The van der Waals surface area contributed by atoms with Crippen molar-refractivity contribution in [1.82, 2.24) is 24.8 Å². The molecule has 11 heteroatoms. The van der Waals surface area contributed by atoms with Gasteiger partial charge in [0.05, 0.1) is 11.4 Å². The van der Waals surface area contributed by atoms with E-state index in [0.717, 1.165) is 6.07 Å². The Morgan fingerprint density at radius 2 is 1.82 bits per heavy atom. The van der Waals surface area contributed by atoms with E-state index in [9.17, 15) is 13.6 Å². The lowest BCUT2D eigenvalue weighted by atomic mass is 9.94. The molecule has 0 radical (unpaired) electrons. The van der Waals surface area contributed by atoms with E-state index in [0.29, 0.717) is 51.6 Å². The topological polar surface area (TPSA) is 107 Å². The first-order valence-corrected chi connectivity index (χ1v) is 13.4. The van der Waals surface area contributed by atoms with E-state index in [1.165, 1.54) is 23.5 Å². The van der Waals surface area contributed by atoms with E-state index >= 15 is 0 Å². The van der Waals surface area contributed by atoms with Gasteiger partial charge in [-0.15, -0.1) is 11.3 Å². The Morgan fingerprint density at radius 3 is 2.49 bits per heavy atom. The van der Waals surface area contributed by atoms with Crippen molar-refractivity contribution in [2.45, 2.75) is 32.4 Å². The summed E-state index contributed by atoms with van der Waals surface area (Å²) in [7, 11) is 0. The third kappa shape index (κ3) is 4.87. The Labute approximate surface area is 227 Å². The van der Waals surface area contributed by atoms with Gasteiger partial charge < -0.3 is 15.4 Å². The first-order valence-electron chi connectivity index (χ1n) is 12.6. The van der Waals surface area contributed by atoms with Gasteiger partial charge in [-0.2, -0.15) is 0 Å². The molecular weight excluding hydrogens is 522 g/mol. The number of carbonyl (C=O) groups is 1. The second-order valence-corrected chi connectivity index (χ2v) is 11.6. The molecule has 0 spiro atoms. The summed E-state index contributed by atoms with van der Waals surface area (Å²) in [5.74, 6) is -0.269. The standard InChI is InChI=1S/C28H26F2N6O2S/c1-14-24(39-26(34-14)25-32-7-4-8-33-25)27(37)36-12-18-19(13-36)23(18)38-22-10-15(28(2,3)31)9-21(35-22)17-6-5-16(29)11-20(17)30/h4-11,18-19,23H,12-13,31H2,1-3H3/t18-,19+,23-. The van der Waals surface area contributed by atoms with Gasteiger partial charge in [0.1, 0.15) is 22.6 Å². The van der Waals surface area contributed by atoms with E-state index in [4.69, 9.17) is 10.5 Å². The van der Waals surface area contributed by atoms with Gasteiger partial charge in [0.2, 0.25) is 5.88 Å². The van der Waals surface area contributed by atoms with Crippen LogP contribution in [-0.2, 0) is 5.54 Å². The van der Waals surface area contributed by atoms with Crippen LogP contribution in [0.15, 0.2) is 48.8 Å². The molecule has 4 aromatic rings. The number of nitrogens with zero attached hydrogens (tertiary/aromatic N) is 5. The quantitative estimate of drug-likeness (QED) is 0.376. The van der Waals surface area contributed by atoms with Crippen molar-refractivity contribution in [3.8, 4) is 28.0 Å². The highest BCUT2D eigenvalue weighted by molar-refractivity contribution is 7.17. The molecule has 6 rings (SSSR count). The molecule has 39 heavy (non-hydrogen) atoms. The van der Waals surface area contributed by atoms with Gasteiger partial charge in [-0.3, -0.25) is 4.79 Å². The lowest BCUT2D eigenvalue weighted by Gasteiger charge is -2.22. The van der Waals surface area contributed by atoms with Crippen molar-refractivity contribution in [3.05, 3.63) is 76.6 Å². The number of amides is 1. The van der Waals surface area contributed by atoms with E-state index in [1.54, 1.807) is 30.6 Å². The lowest BCUT2D eigenvalue weighted by Crippen LogP contribution is -2.33. The zero-order chi connectivity index (χ0) is 27.5. The summed E-state index contributed by atoms with van der Waals surface area (Å²) < 4.78 is 34.3. The molecule has 1 aromatic carbocycles. The predicted molar refractivity (Wildman–Crippen MR) is 142 cm³/mol. The maximum atomic E-state index is 14.5. The van der Waals surface area contributed by atoms with Crippen molar-refractivity contribution < 1.29 is 18.3 Å². The van der Waals surface area contributed by atoms with Gasteiger partial charge in [0, 0.05) is 60.6 Å². The van der Waals surface area contributed by atoms with Gasteiger partial charge >= 0.3 is 0 Å². The number of aryl methyl sites for hydroxylation is 1. The number of rotatable bonds is 6. The van der Waals surface area contributed by atoms with Crippen molar-refractivity contribution in [3.63, 3.8) is 0 Å². The lowest BCUT2D eigenvalue weighted by molar-refractivity contribution is 0.0755. The zero-order valence-corrected chi connectivity index (χ0v) is 22.4. The summed E-state index contributed by atoms with van der Waals surface area (Å²) >= 11 is 1.30. The number of nitrogens with two attached hydrogens (primary N) is 1. The summed E-state index contributed by atoms with van der Waals surface area (Å²) in [5.41, 5.74) is 7.47. The highest BCUT2D eigenvalue weighted by Crippen LogP contribution is 2.48. The van der Waals surface area contributed by atoms with Crippen LogP contribution in [0.25, 0.3) is 22.1 Å². The van der Waals surface area contributed by atoms with Crippen LogP contribution >= 0.6 is 11.3 Å². The Bertz CT molecular complexity index is 1560. The van der Waals surface area contributed by atoms with Crippen LogP contribution in [0.2, 0.25) is 0 Å². The minimum Gasteiger partial charge on any atom is -0.474 e. The van der Waals surface area contributed by atoms with E-state index in [2.05, 4.69) is 19.9 Å². The van der Waals surface area contributed by atoms with Gasteiger partial charge in [-0.1, -0.05) is 0 Å². The molecule has 4 heterocycles. The number of fused-ring (bicyclic) bond motifs is 1. The largest absolute Gasteiger partial charge is 0.474 e. The van der Waals surface area contributed by atoms with Crippen molar-refractivity contribution in [2.24, 2.45) is 17.6 Å². The molecule has 1 saturated heterocycles. The molecule has 8 nitrogen and oxygen atoms in total. The van der Waals surface area contributed by atoms with Crippen LogP contribution in [-0.4, -0.2) is 49.9 Å². The first-order chi connectivity index (χ1) is 18.6. The van der Waals surface area contributed by atoms with Crippen LogP contribution < -0.4 is 10.5 Å². The van der Waals surface area contributed by atoms with E-state index in [1.807, 2.05) is 25.7 Å². The number of carbonyl (C=O) groups excluding carboxylic acids is 1. The van der Waals surface area contributed by atoms with Gasteiger partial charge in [-0.25, -0.2) is 28.7 Å². The summed E-state index contributed by atoms with van der Waals surface area (Å²) in [5, 5.41) is 0.615. The molecular formula is C28H26F2N6O2S. The smallest absolute Gasteiger partial charge is 0.265 e. The third-order valence-electron chi connectivity index (χ3n) is 7.16. The molecule has 2 N–H and O–H groups in total. The molecule has 3 atom stereocenters. The van der Waals surface area contributed by atoms with Crippen LogP contribution in [0.4, 0.5) is 8.78 Å². The molecule has 1 aliphatic carbocycles. The average molecular weight is 549 g/mol. The Balaban J connectivity index is 1.17. The number of pyridine rings is 1. The highest BCUT2D eigenvalue weighted by Gasteiger charge is 2.59. The van der Waals surface area contributed by atoms with Gasteiger partial charge in [0.15, 0.2) is 10.8 Å². The monoisotopic (exact) mass is 548 g/mol. The highest BCUT2D eigenvalue weighted by atomic mass is 32.1. The van der Waals surface area contributed by atoms with Crippen LogP contribution in [0.3, 0.4) is 0 Å². The number of thiazole rings is 1. The number of ether oxygens (including phenoxy) is 1. The number of benzene rings is 1. The molecule has 2 aliphatic rings. The SMILES string of the molecule is Cc1nc(-c2ncccn2)sc1C(=O)N1C[C@@H]2[C@H](C1)[C@@H]2Oc1cc(C(C)(C)N)cc(-c2ccc(F)cc2F)n1. The minimum atomic E-state index is -0.731. The van der Waals surface area contributed by atoms with Gasteiger partial charge in [0.25, 0.3) is 5.91 Å². The second-order valence-electron chi connectivity index (χ2n) is 10.6. The Hall–Kier alpha value is -3.83. The molecule has 0 bridgehead atoms. The fourth-order valence-electron chi connectivity index (χ4n) is 4.97. The first kappa shape index (κ1) is 25.4. The minimum absolute atomic E-state index is 0.0581. The summed E-state index contributed by atoms with van der Waals surface area (Å²) in [4.78, 5) is 33.2. The number of likely N-dealkylation sites (tertiary alicyclic amines) is 1. The number of piperidine rings is 1. The second kappa shape index (κ2) is 9.42. The number of halogens is 2.